The molecule has 1 fully saturated rings. The number of ether oxygens (including phenoxy) is 1. The molecule has 1 aliphatic rings. The molecule has 1 unspecified atom stereocenters. The Bertz CT molecular complexity index is 528. The van der Waals surface area contributed by atoms with Crippen LogP contribution in [-0.2, 0) is 9.53 Å². The first kappa shape index (κ1) is 14.7. The van der Waals surface area contributed by atoms with Gasteiger partial charge in [-0.2, -0.15) is 0 Å². The second kappa shape index (κ2) is 6.15. The molecule has 1 saturated heterocycles. The topological polar surface area (TPSA) is 72.6 Å². The molecule has 5 nitrogen and oxygen atoms in total. The van der Waals surface area contributed by atoms with E-state index in [1.54, 1.807) is 4.90 Å². The fourth-order valence-electron chi connectivity index (χ4n) is 2.40. The van der Waals surface area contributed by atoms with E-state index >= 15 is 0 Å². The molecule has 1 amide bonds. The van der Waals surface area contributed by atoms with E-state index in [0.29, 0.717) is 18.7 Å². The summed E-state index contributed by atoms with van der Waals surface area (Å²) in [5.41, 5.74) is 8.06. The molecule has 1 atom stereocenters. The molecule has 2 N–H and O–H groups in total. The zero-order valence-corrected chi connectivity index (χ0v) is 11.9. The Morgan fingerprint density at radius 2 is 2.15 bits per heavy atom. The Balaban J connectivity index is 2.13. The van der Waals surface area contributed by atoms with E-state index in [9.17, 15) is 9.59 Å². The SMILES string of the molecule is Cc1ccc(C)c(C(=O)CN2CCOCC2C(N)=O)c1. The first-order valence-corrected chi connectivity index (χ1v) is 6.70. The molecule has 5 heteroatoms. The van der Waals surface area contributed by atoms with Crippen molar-refractivity contribution in [3.8, 4) is 0 Å². The number of amides is 1. The first-order valence-electron chi connectivity index (χ1n) is 6.70. The smallest absolute Gasteiger partial charge is 0.237 e. The van der Waals surface area contributed by atoms with Crippen molar-refractivity contribution in [3.63, 3.8) is 0 Å². The summed E-state index contributed by atoms with van der Waals surface area (Å²) < 4.78 is 5.25. The van der Waals surface area contributed by atoms with Crippen molar-refractivity contribution in [2.24, 2.45) is 5.73 Å². The third-order valence-corrected chi connectivity index (χ3v) is 3.61. The lowest BCUT2D eigenvalue weighted by Gasteiger charge is -2.32. The molecule has 0 bridgehead atoms. The third kappa shape index (κ3) is 3.23. The number of aryl methyl sites for hydroxylation is 2. The summed E-state index contributed by atoms with van der Waals surface area (Å²) in [6, 6.07) is 5.29. The number of carbonyl (C=O) groups is 2. The predicted molar refractivity (Wildman–Crippen MR) is 75.6 cm³/mol. The molecule has 0 aromatic heterocycles. The molecule has 108 valence electrons. The van der Waals surface area contributed by atoms with Gasteiger partial charge in [-0.3, -0.25) is 14.5 Å². The van der Waals surface area contributed by atoms with Crippen molar-refractivity contribution < 1.29 is 14.3 Å². The van der Waals surface area contributed by atoms with Crippen LogP contribution in [0.1, 0.15) is 21.5 Å². The van der Waals surface area contributed by atoms with Gasteiger partial charge in [0, 0.05) is 12.1 Å². The number of carbonyl (C=O) groups excluding carboxylic acids is 2. The van der Waals surface area contributed by atoms with Gasteiger partial charge in [0.25, 0.3) is 0 Å². The highest BCUT2D eigenvalue weighted by Crippen LogP contribution is 2.14. The number of benzene rings is 1. The number of nitrogens with zero attached hydrogens (tertiary/aromatic N) is 1. The molecule has 0 spiro atoms. The number of hydrogen-bond donors (Lipinski definition) is 1. The molecule has 1 aromatic rings. The van der Waals surface area contributed by atoms with Gasteiger partial charge in [0.2, 0.25) is 5.91 Å². The zero-order chi connectivity index (χ0) is 14.7. The highest BCUT2D eigenvalue weighted by molar-refractivity contribution is 5.99. The first-order chi connectivity index (χ1) is 9.49. The third-order valence-electron chi connectivity index (χ3n) is 3.61. The van der Waals surface area contributed by atoms with Crippen molar-refractivity contribution in [1.82, 2.24) is 4.90 Å². The summed E-state index contributed by atoms with van der Waals surface area (Å²) in [5.74, 6) is -0.433. The lowest BCUT2D eigenvalue weighted by molar-refractivity contribution is -0.128. The van der Waals surface area contributed by atoms with Crippen LogP contribution in [0.4, 0.5) is 0 Å². The fourth-order valence-corrected chi connectivity index (χ4v) is 2.40. The average molecular weight is 276 g/mol. The van der Waals surface area contributed by atoms with Crippen LogP contribution >= 0.6 is 0 Å². The Morgan fingerprint density at radius 1 is 1.40 bits per heavy atom. The summed E-state index contributed by atoms with van der Waals surface area (Å²) in [6.07, 6.45) is 0. The summed E-state index contributed by atoms with van der Waals surface area (Å²) in [6.45, 7) is 5.39. The van der Waals surface area contributed by atoms with E-state index in [1.165, 1.54) is 0 Å². The van der Waals surface area contributed by atoms with E-state index in [0.717, 1.165) is 11.1 Å². The van der Waals surface area contributed by atoms with E-state index in [1.807, 2.05) is 32.0 Å². The van der Waals surface area contributed by atoms with Crippen molar-refractivity contribution in [2.45, 2.75) is 19.9 Å². The summed E-state index contributed by atoms with van der Waals surface area (Å²) in [7, 11) is 0. The minimum Gasteiger partial charge on any atom is -0.378 e. The summed E-state index contributed by atoms with van der Waals surface area (Å²) in [5, 5.41) is 0. The van der Waals surface area contributed by atoms with Crippen LogP contribution in [-0.4, -0.2) is 48.9 Å². The number of ketones is 1. The molecule has 1 aromatic carbocycles. The Labute approximate surface area is 118 Å². The largest absolute Gasteiger partial charge is 0.378 e. The van der Waals surface area contributed by atoms with Crippen LogP contribution in [0.2, 0.25) is 0 Å². The van der Waals surface area contributed by atoms with Gasteiger partial charge in [0.1, 0.15) is 6.04 Å². The van der Waals surface area contributed by atoms with Gasteiger partial charge in [-0.25, -0.2) is 0 Å². The van der Waals surface area contributed by atoms with Crippen molar-refractivity contribution >= 4 is 11.7 Å². The second-order valence-corrected chi connectivity index (χ2v) is 5.21. The minimum atomic E-state index is -0.516. The number of morpholine rings is 1. The Kier molecular flexibility index (Phi) is 4.52. The van der Waals surface area contributed by atoms with Gasteiger partial charge in [0.05, 0.1) is 19.8 Å². The van der Waals surface area contributed by atoms with E-state index < -0.39 is 11.9 Å². The highest BCUT2D eigenvalue weighted by atomic mass is 16.5. The average Bonchev–Trinajstić information content (AvgIpc) is 2.41. The van der Waals surface area contributed by atoms with Gasteiger partial charge in [-0.05, 0) is 25.5 Å². The van der Waals surface area contributed by atoms with Crippen LogP contribution in [0, 0.1) is 13.8 Å². The lowest BCUT2D eigenvalue weighted by atomic mass is 10.0. The van der Waals surface area contributed by atoms with Crippen LogP contribution in [0.3, 0.4) is 0 Å². The fraction of sp³-hybridized carbons (Fsp3) is 0.467. The molecule has 2 rings (SSSR count). The maximum atomic E-state index is 12.4. The maximum Gasteiger partial charge on any atom is 0.237 e. The zero-order valence-electron chi connectivity index (χ0n) is 11.9. The molecular formula is C15H20N2O3. The molecule has 0 saturated carbocycles. The van der Waals surface area contributed by atoms with Gasteiger partial charge >= 0.3 is 0 Å². The maximum absolute atomic E-state index is 12.4. The van der Waals surface area contributed by atoms with Crippen LogP contribution in [0.5, 0.6) is 0 Å². The van der Waals surface area contributed by atoms with Gasteiger partial charge in [0.15, 0.2) is 5.78 Å². The van der Waals surface area contributed by atoms with Crippen LogP contribution < -0.4 is 5.73 Å². The van der Waals surface area contributed by atoms with Crippen LogP contribution in [0.15, 0.2) is 18.2 Å². The Hall–Kier alpha value is -1.72. The minimum absolute atomic E-state index is 0.0133. The summed E-state index contributed by atoms with van der Waals surface area (Å²) in [4.78, 5) is 25.6. The Morgan fingerprint density at radius 3 is 2.85 bits per heavy atom. The quantitative estimate of drug-likeness (QED) is 0.820. The highest BCUT2D eigenvalue weighted by Gasteiger charge is 2.29. The van der Waals surface area contributed by atoms with Crippen molar-refractivity contribution in [2.75, 3.05) is 26.3 Å². The molecule has 0 aliphatic carbocycles. The predicted octanol–water partition coefficient (Wildman–Crippen LogP) is 0.672. The van der Waals surface area contributed by atoms with E-state index in [4.69, 9.17) is 10.5 Å². The van der Waals surface area contributed by atoms with E-state index in [2.05, 4.69) is 0 Å². The number of Topliss-reactive ketones (excluding diaryl/α,β-unsaturated/α-hetero) is 1. The number of hydrogen-bond acceptors (Lipinski definition) is 4. The van der Waals surface area contributed by atoms with Crippen molar-refractivity contribution in [1.29, 1.82) is 0 Å². The van der Waals surface area contributed by atoms with Gasteiger partial charge in [-0.1, -0.05) is 17.7 Å². The number of rotatable bonds is 4. The molecule has 20 heavy (non-hydrogen) atoms. The normalized spacial score (nSPS) is 19.8. The van der Waals surface area contributed by atoms with Crippen LogP contribution in [0.25, 0.3) is 0 Å². The molecular weight excluding hydrogens is 256 g/mol. The standard InChI is InChI=1S/C15H20N2O3/c1-10-3-4-11(2)12(7-10)14(18)8-17-5-6-20-9-13(17)15(16)19/h3-4,7,13H,5-6,8-9H2,1-2H3,(H2,16,19). The van der Waals surface area contributed by atoms with E-state index in [-0.39, 0.29) is 18.9 Å². The van der Waals surface area contributed by atoms with Crippen molar-refractivity contribution in [3.05, 3.63) is 34.9 Å². The molecule has 1 heterocycles. The number of nitrogens with two attached hydrogens (primary N) is 1. The van der Waals surface area contributed by atoms with Gasteiger partial charge in [-0.15, -0.1) is 0 Å². The van der Waals surface area contributed by atoms with Gasteiger partial charge < -0.3 is 10.5 Å². The second-order valence-electron chi connectivity index (χ2n) is 5.21. The number of primary amides is 1. The molecule has 0 radical (unpaired) electrons. The lowest BCUT2D eigenvalue weighted by Crippen LogP contribution is -2.53. The molecule has 1 aliphatic heterocycles. The summed E-state index contributed by atoms with van der Waals surface area (Å²) >= 11 is 0. The monoisotopic (exact) mass is 276 g/mol.